The normalized spacial score (nSPS) is 11.5. The largest absolute Gasteiger partial charge is 0.284 e. The van der Waals surface area contributed by atoms with Gasteiger partial charge >= 0.3 is 0 Å². The van der Waals surface area contributed by atoms with Crippen LogP contribution in [0.25, 0.3) is 106 Å². The molecule has 0 bridgehead atoms. The molecule has 0 aliphatic carbocycles. The fourth-order valence-electron chi connectivity index (χ4n) is 7.88. The van der Waals surface area contributed by atoms with E-state index in [9.17, 15) is 0 Å². The Labute approximate surface area is 328 Å². The van der Waals surface area contributed by atoms with Crippen LogP contribution < -0.4 is 0 Å². The summed E-state index contributed by atoms with van der Waals surface area (Å²) in [5.41, 5.74) is 16.3. The number of fused-ring (bicyclic) bond motifs is 5. The smallest absolute Gasteiger partial charge is 0.235 e. The molecule has 0 saturated heterocycles. The molecule has 0 N–H and O–H groups in total. The summed E-state index contributed by atoms with van der Waals surface area (Å²) in [7, 11) is 0. The van der Waals surface area contributed by atoms with Gasteiger partial charge < -0.3 is 0 Å². The van der Waals surface area contributed by atoms with Gasteiger partial charge in [0, 0.05) is 57.2 Å². The zero-order valence-electron chi connectivity index (χ0n) is 30.7. The van der Waals surface area contributed by atoms with Crippen LogP contribution in [-0.2, 0) is 0 Å². The zero-order valence-corrected chi connectivity index (χ0v) is 30.7. The highest BCUT2D eigenvalue weighted by atomic mass is 15.1. The van der Waals surface area contributed by atoms with Gasteiger partial charge in [-0.15, -0.1) is 0 Å². The predicted octanol–water partition coefficient (Wildman–Crippen LogP) is 12.4. The molecule has 0 unspecified atom stereocenters. The predicted molar refractivity (Wildman–Crippen MR) is 232 cm³/mol. The lowest BCUT2D eigenvalue weighted by molar-refractivity contribution is 1.14. The molecule has 0 aliphatic rings. The van der Waals surface area contributed by atoms with Crippen molar-refractivity contribution in [2.75, 3.05) is 0 Å². The number of rotatable bonds is 6. The summed E-state index contributed by atoms with van der Waals surface area (Å²) < 4.78 is 2.04. The molecular formula is C51H32N6. The van der Waals surface area contributed by atoms with Gasteiger partial charge in [-0.2, -0.15) is 0 Å². The zero-order chi connectivity index (χ0) is 37.7. The van der Waals surface area contributed by atoms with Crippen molar-refractivity contribution in [1.29, 1.82) is 0 Å². The Morgan fingerprint density at radius 3 is 1.56 bits per heavy atom. The Kier molecular flexibility index (Phi) is 7.71. The number of nitrogens with zero attached hydrogens (tertiary/aromatic N) is 6. The average molecular weight is 729 g/mol. The van der Waals surface area contributed by atoms with Crippen LogP contribution in [0.1, 0.15) is 0 Å². The van der Waals surface area contributed by atoms with Gasteiger partial charge in [0.05, 0.1) is 39.1 Å². The second-order valence-electron chi connectivity index (χ2n) is 14.2. The topological polar surface area (TPSA) is 68.9 Å². The highest BCUT2D eigenvalue weighted by Gasteiger charge is 2.14. The number of imidazole rings is 1. The van der Waals surface area contributed by atoms with E-state index in [0.29, 0.717) is 5.78 Å². The van der Waals surface area contributed by atoms with Gasteiger partial charge in [-0.1, -0.05) is 127 Å². The molecular weight excluding hydrogens is 697 g/mol. The maximum absolute atomic E-state index is 5.29. The number of aromatic nitrogens is 6. The van der Waals surface area contributed by atoms with Crippen molar-refractivity contribution in [2.45, 2.75) is 0 Å². The van der Waals surface area contributed by atoms with Gasteiger partial charge in [-0.05, 0) is 70.8 Å². The minimum Gasteiger partial charge on any atom is -0.284 e. The molecule has 0 atom stereocenters. The van der Waals surface area contributed by atoms with E-state index in [1.807, 2.05) is 47.1 Å². The first-order valence-corrected chi connectivity index (χ1v) is 19.0. The fraction of sp³-hybridized carbons (Fsp3) is 0. The second-order valence-corrected chi connectivity index (χ2v) is 14.2. The summed E-state index contributed by atoms with van der Waals surface area (Å²) in [6.07, 6.45) is 5.76. The Balaban J connectivity index is 1.01. The Bertz CT molecular complexity index is 3140. The summed E-state index contributed by atoms with van der Waals surface area (Å²) in [6, 6.07) is 61.2. The SMILES string of the molecule is c1cc(-c2cc(-c3ccc(-c4cccc5cccnc45)cc3)nc(-c3ccc(-c4cccc5cccnc45)cc3)c2)cc(-c2ccn3c(n2)nc2ccccc23)c1. The number of benzene rings is 6. The highest BCUT2D eigenvalue weighted by Crippen LogP contribution is 2.35. The van der Waals surface area contributed by atoms with E-state index >= 15 is 0 Å². The van der Waals surface area contributed by atoms with E-state index in [1.54, 1.807) is 0 Å². The summed E-state index contributed by atoms with van der Waals surface area (Å²) in [6.45, 7) is 0. The van der Waals surface area contributed by atoms with E-state index < -0.39 is 0 Å². The molecule has 5 heterocycles. The minimum absolute atomic E-state index is 0.679. The van der Waals surface area contributed by atoms with Crippen molar-refractivity contribution >= 4 is 38.6 Å². The molecule has 0 fully saturated rings. The first kappa shape index (κ1) is 32.6. The third-order valence-electron chi connectivity index (χ3n) is 10.7. The number of pyridine rings is 3. The maximum Gasteiger partial charge on any atom is 0.235 e. The molecule has 0 saturated carbocycles. The third-order valence-corrected chi connectivity index (χ3v) is 10.7. The molecule has 0 amide bonds. The van der Waals surface area contributed by atoms with Gasteiger partial charge in [-0.25, -0.2) is 15.0 Å². The van der Waals surface area contributed by atoms with Gasteiger partial charge in [0.25, 0.3) is 0 Å². The second kappa shape index (κ2) is 13.5. The van der Waals surface area contributed by atoms with Gasteiger partial charge in [-0.3, -0.25) is 14.4 Å². The Morgan fingerprint density at radius 2 is 0.912 bits per heavy atom. The van der Waals surface area contributed by atoms with E-state index in [2.05, 4.69) is 152 Å². The molecule has 6 heteroatoms. The van der Waals surface area contributed by atoms with E-state index in [1.165, 1.54) is 0 Å². The van der Waals surface area contributed by atoms with Crippen molar-refractivity contribution in [1.82, 2.24) is 29.3 Å². The molecule has 57 heavy (non-hydrogen) atoms. The van der Waals surface area contributed by atoms with Gasteiger partial charge in [0.2, 0.25) is 5.78 Å². The van der Waals surface area contributed by atoms with Crippen LogP contribution in [0.4, 0.5) is 0 Å². The molecule has 6 nitrogen and oxygen atoms in total. The molecule has 6 aromatic carbocycles. The lowest BCUT2D eigenvalue weighted by Gasteiger charge is -2.13. The van der Waals surface area contributed by atoms with E-state index in [0.717, 1.165) is 100.0 Å². The first-order chi connectivity index (χ1) is 28.2. The summed E-state index contributed by atoms with van der Waals surface area (Å²) in [5.74, 6) is 0.679. The maximum atomic E-state index is 5.29. The quantitative estimate of drug-likeness (QED) is 0.170. The van der Waals surface area contributed by atoms with Gasteiger partial charge in [0.1, 0.15) is 0 Å². The van der Waals surface area contributed by atoms with Crippen molar-refractivity contribution in [3.05, 3.63) is 195 Å². The average Bonchev–Trinajstić information content (AvgIpc) is 3.67. The fourth-order valence-corrected chi connectivity index (χ4v) is 7.88. The minimum atomic E-state index is 0.679. The summed E-state index contributed by atoms with van der Waals surface area (Å²) in [4.78, 5) is 24.5. The highest BCUT2D eigenvalue weighted by molar-refractivity contribution is 5.95. The first-order valence-electron chi connectivity index (χ1n) is 19.0. The monoisotopic (exact) mass is 728 g/mol. The van der Waals surface area contributed by atoms with Crippen LogP contribution in [-0.4, -0.2) is 29.3 Å². The lowest BCUT2D eigenvalue weighted by Crippen LogP contribution is -1.93. The van der Waals surface area contributed by atoms with Crippen molar-refractivity contribution in [3.8, 4) is 67.2 Å². The van der Waals surface area contributed by atoms with Crippen LogP contribution in [0.3, 0.4) is 0 Å². The molecule has 11 rings (SSSR count). The standard InChI is InChI=1S/C51H32N6/c1-2-17-48-45(16-1)56-51-55-44(26-29-57(48)51)40-11-3-10-39(30-40)41-31-46(35-22-18-33(19-23-35)42-14-4-8-37-12-6-27-52-49(37)42)54-47(32-41)36-24-20-34(21-25-36)43-15-5-9-38-13-7-28-53-50(38)43/h1-32H. The molecule has 5 aromatic heterocycles. The third kappa shape index (κ3) is 5.88. The number of hydrogen-bond acceptors (Lipinski definition) is 5. The summed E-state index contributed by atoms with van der Waals surface area (Å²) >= 11 is 0. The van der Waals surface area contributed by atoms with Crippen LogP contribution in [0.2, 0.25) is 0 Å². The van der Waals surface area contributed by atoms with Crippen LogP contribution in [0, 0.1) is 0 Å². The van der Waals surface area contributed by atoms with Gasteiger partial charge in [0.15, 0.2) is 0 Å². The van der Waals surface area contributed by atoms with E-state index in [-0.39, 0.29) is 0 Å². The number of para-hydroxylation sites is 4. The van der Waals surface area contributed by atoms with Crippen LogP contribution in [0.5, 0.6) is 0 Å². The molecule has 11 aromatic rings. The number of hydrogen-bond donors (Lipinski definition) is 0. The van der Waals surface area contributed by atoms with E-state index in [4.69, 9.17) is 24.9 Å². The van der Waals surface area contributed by atoms with Crippen LogP contribution >= 0.6 is 0 Å². The lowest BCUT2D eigenvalue weighted by atomic mass is 9.96. The van der Waals surface area contributed by atoms with Crippen LogP contribution in [0.15, 0.2) is 195 Å². The molecule has 0 radical (unpaired) electrons. The van der Waals surface area contributed by atoms with Crippen molar-refractivity contribution < 1.29 is 0 Å². The Hall–Kier alpha value is -7.83. The summed E-state index contributed by atoms with van der Waals surface area (Å²) in [5, 5.41) is 2.24. The molecule has 0 aliphatic heterocycles. The Morgan fingerprint density at radius 1 is 0.351 bits per heavy atom. The molecule has 266 valence electrons. The molecule has 0 spiro atoms. The van der Waals surface area contributed by atoms with Crippen molar-refractivity contribution in [2.24, 2.45) is 0 Å². The van der Waals surface area contributed by atoms with Crippen molar-refractivity contribution in [3.63, 3.8) is 0 Å².